The van der Waals surface area contributed by atoms with Crippen molar-refractivity contribution >= 4 is 23.6 Å². The first-order valence-electron chi connectivity index (χ1n) is 6.00. The summed E-state index contributed by atoms with van der Waals surface area (Å²) in [7, 11) is 0. The smallest absolute Gasteiger partial charge is 0.328 e. The quantitative estimate of drug-likeness (QED) is 0.443. The monoisotopic (exact) mass is 294 g/mol. The van der Waals surface area contributed by atoms with Crippen LogP contribution in [0.2, 0.25) is 0 Å². The van der Waals surface area contributed by atoms with Crippen LogP contribution >= 0.6 is 0 Å². The third-order valence-corrected chi connectivity index (χ3v) is 2.57. The summed E-state index contributed by atoms with van der Waals surface area (Å²) in [5.41, 5.74) is 5.11. The van der Waals surface area contributed by atoms with Gasteiger partial charge < -0.3 is 15.6 Å². The van der Waals surface area contributed by atoms with E-state index in [1.54, 1.807) is 6.92 Å². The van der Waals surface area contributed by atoms with Crippen molar-refractivity contribution in [2.45, 2.75) is 19.4 Å². The minimum absolute atomic E-state index is 0.142. The van der Waals surface area contributed by atoms with Crippen LogP contribution in [0.5, 0.6) is 5.75 Å². The molecule has 0 aromatic heterocycles. The molecule has 21 heavy (non-hydrogen) atoms. The standard InChI is InChI=1S/C13H14N2O6/c1-2-10(13(14)18)21-11-5-4-9(15(19)20)7-8(11)3-6-12(16)17/h3-7,10H,2H2,1H3,(H2,14,18)(H,16,17). The summed E-state index contributed by atoms with van der Waals surface area (Å²) < 4.78 is 5.38. The van der Waals surface area contributed by atoms with Crippen LogP contribution in [-0.4, -0.2) is 28.0 Å². The maximum absolute atomic E-state index is 11.2. The Kier molecular flexibility index (Phi) is 5.41. The fourth-order valence-electron chi connectivity index (χ4n) is 1.54. The summed E-state index contributed by atoms with van der Waals surface area (Å²) in [5.74, 6) is -1.75. The number of primary amides is 1. The second kappa shape index (κ2) is 7.04. The number of hydrogen-bond donors (Lipinski definition) is 2. The number of hydrogen-bond acceptors (Lipinski definition) is 5. The van der Waals surface area contributed by atoms with Crippen molar-refractivity contribution in [3.63, 3.8) is 0 Å². The molecule has 0 aliphatic heterocycles. The molecule has 1 amide bonds. The number of nitrogens with two attached hydrogens (primary N) is 1. The third kappa shape index (κ3) is 4.60. The molecule has 0 spiro atoms. The molecule has 1 rings (SSSR count). The fraction of sp³-hybridized carbons (Fsp3) is 0.231. The van der Waals surface area contributed by atoms with Crippen molar-refractivity contribution in [3.05, 3.63) is 40.0 Å². The summed E-state index contributed by atoms with van der Waals surface area (Å²) in [6.45, 7) is 1.69. The number of ether oxygens (including phenoxy) is 1. The van der Waals surface area contributed by atoms with Gasteiger partial charge in [0.25, 0.3) is 11.6 Å². The molecular weight excluding hydrogens is 280 g/mol. The molecule has 0 heterocycles. The lowest BCUT2D eigenvalue weighted by Crippen LogP contribution is -2.33. The van der Waals surface area contributed by atoms with E-state index >= 15 is 0 Å². The minimum Gasteiger partial charge on any atom is -0.480 e. The number of carbonyl (C=O) groups is 2. The van der Waals surface area contributed by atoms with Crippen molar-refractivity contribution < 1.29 is 24.4 Å². The lowest BCUT2D eigenvalue weighted by Gasteiger charge is -2.15. The Morgan fingerprint density at radius 2 is 2.19 bits per heavy atom. The Morgan fingerprint density at radius 1 is 1.52 bits per heavy atom. The van der Waals surface area contributed by atoms with Gasteiger partial charge in [0, 0.05) is 23.8 Å². The number of amides is 1. The number of non-ortho nitro benzene ring substituents is 1. The number of aliphatic carboxylic acids is 1. The average Bonchev–Trinajstić information content (AvgIpc) is 2.42. The van der Waals surface area contributed by atoms with Crippen LogP contribution in [0.1, 0.15) is 18.9 Å². The van der Waals surface area contributed by atoms with E-state index in [1.807, 2.05) is 0 Å². The highest BCUT2D eigenvalue weighted by atomic mass is 16.6. The third-order valence-electron chi connectivity index (χ3n) is 2.57. The van der Waals surface area contributed by atoms with Gasteiger partial charge in [-0.05, 0) is 18.6 Å². The second-order valence-electron chi connectivity index (χ2n) is 4.07. The zero-order valence-corrected chi connectivity index (χ0v) is 11.2. The molecule has 112 valence electrons. The Balaban J connectivity index is 3.20. The molecule has 1 atom stereocenters. The van der Waals surface area contributed by atoms with E-state index in [-0.39, 0.29) is 17.0 Å². The van der Waals surface area contributed by atoms with Gasteiger partial charge in [0.2, 0.25) is 0 Å². The molecule has 0 bridgehead atoms. The highest BCUT2D eigenvalue weighted by molar-refractivity contribution is 5.86. The molecule has 0 saturated heterocycles. The van der Waals surface area contributed by atoms with E-state index in [0.29, 0.717) is 6.42 Å². The van der Waals surface area contributed by atoms with E-state index in [0.717, 1.165) is 18.2 Å². The Hall–Kier alpha value is -2.90. The highest BCUT2D eigenvalue weighted by Crippen LogP contribution is 2.26. The number of carbonyl (C=O) groups excluding carboxylic acids is 1. The van der Waals surface area contributed by atoms with Crippen molar-refractivity contribution in [3.8, 4) is 5.75 Å². The molecule has 8 heteroatoms. The molecule has 1 aromatic rings. The average molecular weight is 294 g/mol. The lowest BCUT2D eigenvalue weighted by molar-refractivity contribution is -0.384. The molecule has 0 aliphatic carbocycles. The molecule has 0 aliphatic rings. The van der Waals surface area contributed by atoms with E-state index in [1.165, 1.54) is 12.1 Å². The zero-order valence-electron chi connectivity index (χ0n) is 11.2. The van der Waals surface area contributed by atoms with Crippen LogP contribution in [0.25, 0.3) is 6.08 Å². The summed E-state index contributed by atoms with van der Waals surface area (Å²) in [6, 6.07) is 3.65. The van der Waals surface area contributed by atoms with E-state index in [9.17, 15) is 19.7 Å². The summed E-state index contributed by atoms with van der Waals surface area (Å²) in [6.07, 6.45) is 1.38. The molecular formula is C13H14N2O6. The number of nitro benzene ring substituents is 1. The molecule has 0 fully saturated rings. The Morgan fingerprint density at radius 3 is 2.67 bits per heavy atom. The van der Waals surface area contributed by atoms with Crippen LogP contribution in [0.3, 0.4) is 0 Å². The maximum Gasteiger partial charge on any atom is 0.328 e. The van der Waals surface area contributed by atoms with Gasteiger partial charge in [-0.1, -0.05) is 6.92 Å². The first-order chi connectivity index (χ1) is 9.85. The topological polar surface area (TPSA) is 133 Å². The second-order valence-corrected chi connectivity index (χ2v) is 4.07. The minimum atomic E-state index is -1.21. The Bertz CT molecular complexity index is 596. The number of nitrogens with zero attached hydrogens (tertiary/aromatic N) is 1. The maximum atomic E-state index is 11.2. The summed E-state index contributed by atoms with van der Waals surface area (Å²) >= 11 is 0. The van der Waals surface area contributed by atoms with Crippen LogP contribution < -0.4 is 10.5 Å². The summed E-state index contributed by atoms with van der Waals surface area (Å²) in [5, 5.41) is 19.4. The highest BCUT2D eigenvalue weighted by Gasteiger charge is 2.18. The lowest BCUT2D eigenvalue weighted by atomic mass is 10.1. The van der Waals surface area contributed by atoms with Gasteiger partial charge in [0.1, 0.15) is 5.75 Å². The van der Waals surface area contributed by atoms with Gasteiger partial charge in [0.15, 0.2) is 6.10 Å². The largest absolute Gasteiger partial charge is 0.480 e. The molecule has 0 radical (unpaired) electrons. The predicted molar refractivity (Wildman–Crippen MR) is 73.7 cm³/mol. The van der Waals surface area contributed by atoms with Gasteiger partial charge in [-0.15, -0.1) is 0 Å². The van der Waals surface area contributed by atoms with E-state index in [4.69, 9.17) is 15.6 Å². The van der Waals surface area contributed by atoms with Crippen molar-refractivity contribution in [2.75, 3.05) is 0 Å². The van der Waals surface area contributed by atoms with Gasteiger partial charge in [-0.3, -0.25) is 14.9 Å². The van der Waals surface area contributed by atoms with Crippen LogP contribution in [0.4, 0.5) is 5.69 Å². The number of nitro groups is 1. The first kappa shape index (κ1) is 16.2. The molecule has 0 saturated carbocycles. The number of carboxylic acid groups (broad SMARTS) is 1. The van der Waals surface area contributed by atoms with Crippen molar-refractivity contribution in [1.82, 2.24) is 0 Å². The van der Waals surface area contributed by atoms with Crippen LogP contribution in [0, 0.1) is 10.1 Å². The zero-order chi connectivity index (χ0) is 16.0. The van der Waals surface area contributed by atoms with Gasteiger partial charge >= 0.3 is 5.97 Å². The number of rotatable bonds is 7. The molecule has 8 nitrogen and oxygen atoms in total. The van der Waals surface area contributed by atoms with Gasteiger partial charge in [-0.25, -0.2) is 4.79 Å². The van der Waals surface area contributed by atoms with Crippen molar-refractivity contribution in [2.24, 2.45) is 5.73 Å². The van der Waals surface area contributed by atoms with Crippen LogP contribution in [-0.2, 0) is 9.59 Å². The fourth-order valence-corrected chi connectivity index (χ4v) is 1.54. The van der Waals surface area contributed by atoms with Gasteiger partial charge in [-0.2, -0.15) is 0 Å². The van der Waals surface area contributed by atoms with Crippen LogP contribution in [0.15, 0.2) is 24.3 Å². The molecule has 1 aromatic carbocycles. The normalized spacial score (nSPS) is 12.0. The van der Waals surface area contributed by atoms with E-state index < -0.39 is 22.9 Å². The summed E-state index contributed by atoms with van der Waals surface area (Å²) in [4.78, 5) is 31.8. The number of carboxylic acids is 1. The molecule has 3 N–H and O–H groups in total. The van der Waals surface area contributed by atoms with E-state index in [2.05, 4.69) is 0 Å². The van der Waals surface area contributed by atoms with Crippen molar-refractivity contribution in [1.29, 1.82) is 0 Å². The number of benzene rings is 1. The SMILES string of the molecule is CCC(Oc1ccc([N+](=O)[O-])cc1C=CC(=O)O)C(N)=O. The Labute approximate surface area is 120 Å². The predicted octanol–water partition coefficient (Wildman–Crippen LogP) is 1.34. The first-order valence-corrected chi connectivity index (χ1v) is 6.00. The molecule has 1 unspecified atom stereocenters. The van der Waals surface area contributed by atoms with Gasteiger partial charge in [0.05, 0.1) is 4.92 Å².